The van der Waals surface area contributed by atoms with Crippen LogP contribution < -0.4 is 0 Å². The standard InChI is InChI=1S/C9H12O4/c1-3-12-9(11)6(2)7-4-5-8(10)13-7/h3-5H2,1-2H3/b7-6+. The van der Waals surface area contributed by atoms with E-state index in [2.05, 4.69) is 0 Å². The van der Waals surface area contributed by atoms with Crippen LogP contribution in [0.25, 0.3) is 0 Å². The topological polar surface area (TPSA) is 52.6 Å². The van der Waals surface area contributed by atoms with E-state index in [0.29, 0.717) is 30.8 Å². The van der Waals surface area contributed by atoms with Crippen LogP contribution in [0.15, 0.2) is 11.3 Å². The molecule has 0 radical (unpaired) electrons. The van der Waals surface area contributed by atoms with E-state index in [1.54, 1.807) is 13.8 Å². The maximum atomic E-state index is 11.2. The van der Waals surface area contributed by atoms with E-state index in [9.17, 15) is 9.59 Å². The van der Waals surface area contributed by atoms with Gasteiger partial charge in [0.2, 0.25) is 0 Å². The van der Waals surface area contributed by atoms with Crippen LogP contribution in [0.3, 0.4) is 0 Å². The van der Waals surface area contributed by atoms with E-state index in [1.165, 1.54) is 0 Å². The molecule has 0 atom stereocenters. The highest BCUT2D eigenvalue weighted by Gasteiger charge is 2.22. The Balaban J connectivity index is 2.68. The lowest BCUT2D eigenvalue weighted by atomic mass is 10.2. The molecule has 1 saturated heterocycles. The number of rotatable bonds is 2. The summed E-state index contributed by atoms with van der Waals surface area (Å²) >= 11 is 0. The van der Waals surface area contributed by atoms with Crippen LogP contribution in [0.4, 0.5) is 0 Å². The fraction of sp³-hybridized carbons (Fsp3) is 0.556. The van der Waals surface area contributed by atoms with Gasteiger partial charge in [0, 0.05) is 6.42 Å². The van der Waals surface area contributed by atoms with Crippen molar-refractivity contribution in [1.82, 2.24) is 0 Å². The second-order valence-corrected chi connectivity index (χ2v) is 2.74. The Hall–Kier alpha value is -1.32. The van der Waals surface area contributed by atoms with Gasteiger partial charge >= 0.3 is 11.9 Å². The zero-order valence-electron chi connectivity index (χ0n) is 7.75. The number of hydrogen-bond acceptors (Lipinski definition) is 4. The summed E-state index contributed by atoms with van der Waals surface area (Å²) in [4.78, 5) is 21.9. The molecule has 0 spiro atoms. The van der Waals surface area contributed by atoms with E-state index < -0.39 is 5.97 Å². The smallest absolute Gasteiger partial charge is 0.337 e. The number of cyclic esters (lactones) is 1. The summed E-state index contributed by atoms with van der Waals surface area (Å²) in [5, 5.41) is 0. The van der Waals surface area contributed by atoms with Crippen molar-refractivity contribution in [3.05, 3.63) is 11.3 Å². The van der Waals surface area contributed by atoms with Gasteiger partial charge in [-0.25, -0.2) is 4.79 Å². The van der Waals surface area contributed by atoms with Gasteiger partial charge in [0.15, 0.2) is 0 Å². The van der Waals surface area contributed by atoms with Gasteiger partial charge in [0.1, 0.15) is 5.76 Å². The minimum atomic E-state index is -0.410. The second kappa shape index (κ2) is 4.07. The zero-order chi connectivity index (χ0) is 9.84. The van der Waals surface area contributed by atoms with Gasteiger partial charge in [-0.2, -0.15) is 0 Å². The predicted octanol–water partition coefficient (Wildman–Crippen LogP) is 1.16. The quantitative estimate of drug-likeness (QED) is 0.477. The number of carbonyl (C=O) groups is 2. The van der Waals surface area contributed by atoms with Crippen LogP contribution in [0.1, 0.15) is 26.7 Å². The molecule has 0 aromatic heterocycles. The van der Waals surface area contributed by atoms with Crippen molar-refractivity contribution in [2.24, 2.45) is 0 Å². The molecule has 0 bridgehead atoms. The van der Waals surface area contributed by atoms with Gasteiger partial charge in [0.25, 0.3) is 0 Å². The number of ether oxygens (including phenoxy) is 2. The molecular formula is C9H12O4. The van der Waals surface area contributed by atoms with Gasteiger partial charge in [-0.15, -0.1) is 0 Å². The summed E-state index contributed by atoms with van der Waals surface area (Å²) in [6.45, 7) is 3.67. The van der Waals surface area contributed by atoms with Crippen molar-refractivity contribution in [1.29, 1.82) is 0 Å². The number of esters is 2. The molecule has 4 heteroatoms. The molecule has 0 saturated carbocycles. The molecular weight excluding hydrogens is 172 g/mol. The molecule has 1 heterocycles. The van der Waals surface area contributed by atoms with Crippen LogP contribution in [0.5, 0.6) is 0 Å². The van der Waals surface area contributed by atoms with Crippen LogP contribution in [0.2, 0.25) is 0 Å². The molecule has 0 aliphatic carbocycles. The maximum absolute atomic E-state index is 11.2. The van der Waals surface area contributed by atoms with Crippen molar-refractivity contribution in [2.45, 2.75) is 26.7 Å². The normalized spacial score (nSPS) is 19.7. The molecule has 1 aliphatic rings. The average molecular weight is 184 g/mol. The van der Waals surface area contributed by atoms with Crippen molar-refractivity contribution < 1.29 is 19.1 Å². The Kier molecular flexibility index (Phi) is 3.06. The summed E-state index contributed by atoms with van der Waals surface area (Å²) in [7, 11) is 0. The largest absolute Gasteiger partial charge is 0.463 e. The number of hydrogen-bond donors (Lipinski definition) is 0. The van der Waals surface area contributed by atoms with Gasteiger partial charge in [-0.05, 0) is 13.8 Å². The molecule has 0 amide bonds. The summed E-state index contributed by atoms with van der Waals surface area (Å²) in [6.07, 6.45) is 0.857. The highest BCUT2D eigenvalue weighted by molar-refractivity contribution is 5.89. The number of allylic oxidation sites excluding steroid dienone is 1. The van der Waals surface area contributed by atoms with E-state index in [0.717, 1.165) is 0 Å². The van der Waals surface area contributed by atoms with Crippen LogP contribution in [-0.4, -0.2) is 18.5 Å². The molecule has 0 unspecified atom stereocenters. The summed E-state index contributed by atoms with van der Waals surface area (Å²) in [5.74, 6) is -0.241. The average Bonchev–Trinajstić information content (AvgIpc) is 2.51. The molecule has 13 heavy (non-hydrogen) atoms. The van der Waals surface area contributed by atoms with Crippen LogP contribution in [0, 0.1) is 0 Å². The monoisotopic (exact) mass is 184 g/mol. The SMILES string of the molecule is CCOC(=O)/C(C)=C1\CCC(=O)O1. The van der Waals surface area contributed by atoms with Crippen molar-refractivity contribution in [2.75, 3.05) is 6.61 Å². The fourth-order valence-corrected chi connectivity index (χ4v) is 1.07. The Morgan fingerprint density at radius 1 is 1.54 bits per heavy atom. The van der Waals surface area contributed by atoms with E-state index in [4.69, 9.17) is 9.47 Å². The van der Waals surface area contributed by atoms with Crippen molar-refractivity contribution in [3.63, 3.8) is 0 Å². The van der Waals surface area contributed by atoms with Crippen LogP contribution in [-0.2, 0) is 19.1 Å². The van der Waals surface area contributed by atoms with Crippen molar-refractivity contribution >= 4 is 11.9 Å². The first kappa shape index (κ1) is 9.77. The van der Waals surface area contributed by atoms with Gasteiger partial charge in [-0.1, -0.05) is 0 Å². The highest BCUT2D eigenvalue weighted by Crippen LogP contribution is 2.21. The predicted molar refractivity (Wildman–Crippen MR) is 44.7 cm³/mol. The first-order chi connectivity index (χ1) is 6.15. The van der Waals surface area contributed by atoms with E-state index >= 15 is 0 Å². The zero-order valence-corrected chi connectivity index (χ0v) is 7.75. The second-order valence-electron chi connectivity index (χ2n) is 2.74. The van der Waals surface area contributed by atoms with Crippen LogP contribution >= 0.6 is 0 Å². The number of carbonyl (C=O) groups excluding carboxylic acids is 2. The van der Waals surface area contributed by atoms with E-state index in [1.807, 2.05) is 0 Å². The molecule has 1 fully saturated rings. The first-order valence-electron chi connectivity index (χ1n) is 4.22. The lowest BCUT2D eigenvalue weighted by Gasteiger charge is -2.03. The molecule has 4 nitrogen and oxygen atoms in total. The fourth-order valence-electron chi connectivity index (χ4n) is 1.07. The highest BCUT2D eigenvalue weighted by atomic mass is 16.6. The Labute approximate surface area is 76.5 Å². The molecule has 0 aromatic rings. The summed E-state index contributed by atoms with van der Waals surface area (Å²) in [5.41, 5.74) is 0.396. The molecule has 72 valence electrons. The Bertz CT molecular complexity index is 265. The molecule has 0 aromatic carbocycles. The lowest BCUT2D eigenvalue weighted by Crippen LogP contribution is -2.07. The molecule has 1 aliphatic heterocycles. The lowest BCUT2D eigenvalue weighted by molar-refractivity contribution is -0.139. The molecule has 0 N–H and O–H groups in total. The summed E-state index contributed by atoms with van der Waals surface area (Å²) < 4.78 is 9.59. The third-order valence-corrected chi connectivity index (χ3v) is 1.79. The Morgan fingerprint density at radius 2 is 2.23 bits per heavy atom. The van der Waals surface area contributed by atoms with Gasteiger partial charge in [-0.3, -0.25) is 4.79 Å². The van der Waals surface area contributed by atoms with Gasteiger partial charge in [0.05, 0.1) is 18.6 Å². The maximum Gasteiger partial charge on any atom is 0.337 e. The van der Waals surface area contributed by atoms with E-state index in [-0.39, 0.29) is 5.97 Å². The summed E-state index contributed by atoms with van der Waals surface area (Å²) in [6, 6.07) is 0. The third-order valence-electron chi connectivity index (χ3n) is 1.79. The first-order valence-corrected chi connectivity index (χ1v) is 4.22. The van der Waals surface area contributed by atoms with Gasteiger partial charge < -0.3 is 9.47 Å². The van der Waals surface area contributed by atoms with Crippen molar-refractivity contribution in [3.8, 4) is 0 Å². The third kappa shape index (κ3) is 2.31. The minimum Gasteiger partial charge on any atom is -0.463 e. The molecule has 1 rings (SSSR count). The Morgan fingerprint density at radius 3 is 2.69 bits per heavy atom. The minimum absolute atomic E-state index is 0.279.